The van der Waals surface area contributed by atoms with Gasteiger partial charge < -0.3 is 0 Å². The van der Waals surface area contributed by atoms with E-state index in [9.17, 15) is 0 Å². The fourth-order valence-electron chi connectivity index (χ4n) is 1.14. The summed E-state index contributed by atoms with van der Waals surface area (Å²) in [5.74, 6) is 0. The average Bonchev–Trinajstić information content (AvgIpc) is 2.03. The number of rotatable bonds is 0. The summed E-state index contributed by atoms with van der Waals surface area (Å²) in [4.78, 5) is 0. The van der Waals surface area contributed by atoms with Gasteiger partial charge in [0.05, 0.1) is 5.52 Å². The zero-order valence-corrected chi connectivity index (χ0v) is 8.74. The van der Waals surface area contributed by atoms with Crippen LogP contribution in [0.1, 0.15) is 5.56 Å². The zero-order valence-electron chi connectivity index (χ0n) is 6.58. The largest absolute Gasteiger partial charge is 0.149 e. The first-order valence-corrected chi connectivity index (χ1v) is 4.73. The molecule has 0 fully saturated rings. The van der Waals surface area contributed by atoms with E-state index in [4.69, 9.17) is 0 Å². The van der Waals surface area contributed by atoms with Crippen LogP contribution in [0.25, 0.3) is 10.9 Å². The van der Waals surface area contributed by atoms with E-state index in [0.29, 0.717) is 0 Å². The summed E-state index contributed by atoms with van der Waals surface area (Å²) in [6.45, 7) is 2.08. The predicted molar refractivity (Wildman–Crippen MR) is 57.0 cm³/mol. The van der Waals surface area contributed by atoms with Gasteiger partial charge >= 0.3 is 0 Å². The second-order valence-electron chi connectivity index (χ2n) is 2.73. The molecular formula is C9H7IN2. The fraction of sp³-hybridized carbons (Fsp3) is 0.111. The number of hydrogen-bond donors (Lipinski definition) is 0. The zero-order chi connectivity index (χ0) is 8.55. The van der Waals surface area contributed by atoms with Gasteiger partial charge in [0.1, 0.15) is 3.70 Å². The van der Waals surface area contributed by atoms with Crippen molar-refractivity contribution in [2.24, 2.45) is 0 Å². The van der Waals surface area contributed by atoms with Crippen molar-refractivity contribution < 1.29 is 0 Å². The summed E-state index contributed by atoms with van der Waals surface area (Å²) < 4.78 is 0.936. The molecule has 1 aromatic carbocycles. The van der Waals surface area contributed by atoms with Gasteiger partial charge in [0.15, 0.2) is 0 Å². The standard InChI is InChI=1S/C9H7IN2/c1-6-2-3-8-7(4-6)5-9(10)12-11-8/h2-5H,1H3. The predicted octanol–water partition coefficient (Wildman–Crippen LogP) is 2.54. The molecule has 0 saturated heterocycles. The van der Waals surface area contributed by atoms with Gasteiger partial charge in [0.2, 0.25) is 0 Å². The van der Waals surface area contributed by atoms with Crippen LogP contribution in [-0.4, -0.2) is 10.2 Å². The highest BCUT2D eigenvalue weighted by Crippen LogP contribution is 2.14. The molecule has 2 rings (SSSR count). The van der Waals surface area contributed by atoms with Crippen molar-refractivity contribution in [1.82, 2.24) is 10.2 Å². The molecular weight excluding hydrogens is 263 g/mol. The van der Waals surface area contributed by atoms with E-state index < -0.39 is 0 Å². The lowest BCUT2D eigenvalue weighted by molar-refractivity contribution is 1.04. The Morgan fingerprint density at radius 1 is 1.17 bits per heavy atom. The number of halogens is 1. The normalized spacial score (nSPS) is 10.5. The number of aryl methyl sites for hydroxylation is 1. The molecule has 1 aromatic heterocycles. The first-order chi connectivity index (χ1) is 5.75. The van der Waals surface area contributed by atoms with Gasteiger partial charge in [-0.25, -0.2) is 0 Å². The van der Waals surface area contributed by atoms with Crippen LogP contribution in [0, 0.1) is 10.6 Å². The van der Waals surface area contributed by atoms with Gasteiger partial charge in [-0.15, -0.1) is 10.2 Å². The molecule has 0 aliphatic carbocycles. The second-order valence-corrected chi connectivity index (χ2v) is 3.83. The molecule has 0 bridgehead atoms. The molecule has 0 spiro atoms. The summed E-state index contributed by atoms with van der Waals surface area (Å²) >= 11 is 2.17. The summed E-state index contributed by atoms with van der Waals surface area (Å²) in [6.07, 6.45) is 0. The van der Waals surface area contributed by atoms with Crippen LogP contribution in [0.5, 0.6) is 0 Å². The maximum Gasteiger partial charge on any atom is 0.124 e. The fourth-order valence-corrected chi connectivity index (χ4v) is 1.58. The molecule has 3 heteroatoms. The van der Waals surface area contributed by atoms with Gasteiger partial charge in [0.25, 0.3) is 0 Å². The summed E-state index contributed by atoms with van der Waals surface area (Å²) in [7, 11) is 0. The van der Waals surface area contributed by atoms with E-state index >= 15 is 0 Å². The third kappa shape index (κ3) is 1.41. The summed E-state index contributed by atoms with van der Waals surface area (Å²) in [6, 6.07) is 8.19. The minimum atomic E-state index is 0.936. The van der Waals surface area contributed by atoms with Crippen molar-refractivity contribution in [1.29, 1.82) is 0 Å². The number of nitrogens with zero attached hydrogens (tertiary/aromatic N) is 2. The Morgan fingerprint density at radius 2 is 2.00 bits per heavy atom. The minimum Gasteiger partial charge on any atom is -0.149 e. The first kappa shape index (κ1) is 7.91. The van der Waals surface area contributed by atoms with E-state index in [1.54, 1.807) is 0 Å². The van der Waals surface area contributed by atoms with Crippen LogP contribution in [0.2, 0.25) is 0 Å². The smallest absolute Gasteiger partial charge is 0.124 e. The highest BCUT2D eigenvalue weighted by molar-refractivity contribution is 14.1. The molecule has 0 aliphatic heterocycles. The lowest BCUT2D eigenvalue weighted by atomic mass is 10.2. The van der Waals surface area contributed by atoms with Crippen molar-refractivity contribution in [2.45, 2.75) is 6.92 Å². The molecule has 0 aliphatic rings. The lowest BCUT2D eigenvalue weighted by Gasteiger charge is -1.97. The number of aromatic nitrogens is 2. The molecule has 0 amide bonds. The molecule has 12 heavy (non-hydrogen) atoms. The molecule has 0 radical (unpaired) electrons. The van der Waals surface area contributed by atoms with Gasteiger partial charge in [0, 0.05) is 5.39 Å². The topological polar surface area (TPSA) is 25.8 Å². The van der Waals surface area contributed by atoms with Gasteiger partial charge in [-0.05, 0) is 47.7 Å². The third-order valence-corrected chi connectivity index (χ3v) is 2.24. The molecule has 0 N–H and O–H groups in total. The Bertz CT molecular complexity index is 389. The van der Waals surface area contributed by atoms with Crippen LogP contribution in [0.3, 0.4) is 0 Å². The maximum absolute atomic E-state index is 4.06. The van der Waals surface area contributed by atoms with Crippen molar-refractivity contribution in [3.05, 3.63) is 33.5 Å². The number of benzene rings is 1. The van der Waals surface area contributed by atoms with Crippen LogP contribution < -0.4 is 0 Å². The highest BCUT2D eigenvalue weighted by atomic mass is 127. The van der Waals surface area contributed by atoms with Gasteiger partial charge in [-0.3, -0.25) is 0 Å². The Balaban J connectivity index is 2.80. The van der Waals surface area contributed by atoms with Gasteiger partial charge in [-0.2, -0.15) is 0 Å². The molecule has 0 saturated carbocycles. The second kappa shape index (κ2) is 2.97. The highest BCUT2D eigenvalue weighted by Gasteiger charge is 1.96. The van der Waals surface area contributed by atoms with Crippen LogP contribution in [-0.2, 0) is 0 Å². The SMILES string of the molecule is Cc1ccc2nnc(I)cc2c1. The molecule has 2 aromatic rings. The Morgan fingerprint density at radius 3 is 2.83 bits per heavy atom. The number of hydrogen-bond acceptors (Lipinski definition) is 2. The van der Waals surface area contributed by atoms with E-state index in [2.05, 4.69) is 45.8 Å². The van der Waals surface area contributed by atoms with E-state index in [1.165, 1.54) is 5.56 Å². The van der Waals surface area contributed by atoms with Crippen molar-refractivity contribution in [2.75, 3.05) is 0 Å². The van der Waals surface area contributed by atoms with E-state index in [0.717, 1.165) is 14.6 Å². The minimum absolute atomic E-state index is 0.936. The average molecular weight is 270 g/mol. The first-order valence-electron chi connectivity index (χ1n) is 3.65. The summed E-state index contributed by atoms with van der Waals surface area (Å²) in [5.41, 5.74) is 2.22. The van der Waals surface area contributed by atoms with E-state index in [1.807, 2.05) is 18.2 Å². The van der Waals surface area contributed by atoms with E-state index in [-0.39, 0.29) is 0 Å². The van der Waals surface area contributed by atoms with Crippen molar-refractivity contribution in [3.8, 4) is 0 Å². The summed E-state index contributed by atoms with van der Waals surface area (Å²) in [5, 5.41) is 9.20. The molecule has 0 unspecified atom stereocenters. The monoisotopic (exact) mass is 270 g/mol. The van der Waals surface area contributed by atoms with Crippen LogP contribution in [0.15, 0.2) is 24.3 Å². The van der Waals surface area contributed by atoms with Gasteiger partial charge in [-0.1, -0.05) is 11.6 Å². The number of fused-ring (bicyclic) bond motifs is 1. The molecule has 60 valence electrons. The van der Waals surface area contributed by atoms with Crippen LogP contribution in [0.4, 0.5) is 0 Å². The molecule has 2 nitrogen and oxygen atoms in total. The lowest BCUT2D eigenvalue weighted by Crippen LogP contribution is -1.87. The third-order valence-electron chi connectivity index (χ3n) is 1.71. The van der Waals surface area contributed by atoms with Crippen molar-refractivity contribution >= 4 is 33.5 Å². The van der Waals surface area contributed by atoms with Crippen molar-refractivity contribution in [3.63, 3.8) is 0 Å². The van der Waals surface area contributed by atoms with Crippen LogP contribution >= 0.6 is 22.6 Å². The Hall–Kier alpha value is -0.710. The quantitative estimate of drug-likeness (QED) is 0.687. The Kier molecular flexibility index (Phi) is 1.96. The Labute approximate surface area is 84.1 Å². The molecule has 0 atom stereocenters. The molecule has 1 heterocycles. The maximum atomic E-state index is 4.06.